The topological polar surface area (TPSA) is 86.5 Å². The fourth-order valence-electron chi connectivity index (χ4n) is 2.31. The van der Waals surface area contributed by atoms with Gasteiger partial charge in [-0.2, -0.15) is 0 Å². The summed E-state index contributed by atoms with van der Waals surface area (Å²) in [5, 5.41) is 10.3. The smallest absolute Gasteiger partial charge is 0.322 e. The normalized spacial score (nSPS) is 10.4. The highest BCUT2D eigenvalue weighted by Gasteiger charge is 2.16. The second-order valence-corrected chi connectivity index (χ2v) is 5.33. The quantitative estimate of drug-likeness (QED) is 0.730. The molecule has 2 aromatic carbocycles. The molecule has 0 bridgehead atoms. The van der Waals surface area contributed by atoms with E-state index in [2.05, 4.69) is 15.5 Å². The molecule has 3 rings (SSSR count). The van der Waals surface area contributed by atoms with Crippen LogP contribution in [0.4, 0.5) is 10.4 Å². The summed E-state index contributed by atoms with van der Waals surface area (Å²) in [5.41, 5.74) is 1.21. The van der Waals surface area contributed by atoms with Crippen molar-refractivity contribution in [1.29, 1.82) is 0 Å². The minimum atomic E-state index is -0.358. The lowest BCUT2D eigenvalue weighted by atomic mass is 10.1. The van der Waals surface area contributed by atoms with Gasteiger partial charge in [0, 0.05) is 0 Å². The fourth-order valence-corrected chi connectivity index (χ4v) is 2.31. The minimum Gasteiger partial charge on any atom is -0.497 e. The van der Waals surface area contributed by atoms with Crippen LogP contribution in [0.25, 0.3) is 11.5 Å². The molecule has 7 nitrogen and oxygen atoms in total. The maximum Gasteiger partial charge on any atom is 0.322 e. The Labute approximate surface area is 148 Å². The van der Waals surface area contributed by atoms with Gasteiger partial charge in [0.1, 0.15) is 17.3 Å². The number of rotatable bonds is 6. The molecule has 0 saturated heterocycles. The van der Waals surface area contributed by atoms with Crippen molar-refractivity contribution in [1.82, 2.24) is 10.2 Å². The molecule has 26 heavy (non-hydrogen) atoms. The summed E-state index contributed by atoms with van der Waals surface area (Å²) in [5.74, 6) is 0.588. The van der Waals surface area contributed by atoms with Gasteiger partial charge in [0.05, 0.1) is 26.2 Å². The number of hydrogen-bond acceptors (Lipinski definition) is 6. The SMILES string of the molecule is COc1ccc(OC)c(-c2nnc(NC(=O)Cc3ccc(F)cc3)o2)c1. The van der Waals surface area contributed by atoms with Crippen molar-refractivity contribution in [2.75, 3.05) is 19.5 Å². The molecule has 0 radical (unpaired) electrons. The van der Waals surface area contributed by atoms with Gasteiger partial charge in [-0.3, -0.25) is 10.1 Å². The van der Waals surface area contributed by atoms with Crippen molar-refractivity contribution in [3.63, 3.8) is 0 Å². The maximum atomic E-state index is 12.9. The summed E-state index contributed by atoms with van der Waals surface area (Å²) in [6.07, 6.45) is 0.0560. The van der Waals surface area contributed by atoms with Crippen LogP contribution in [0.1, 0.15) is 5.56 Å². The number of aromatic nitrogens is 2. The van der Waals surface area contributed by atoms with Crippen LogP contribution < -0.4 is 14.8 Å². The number of carbonyl (C=O) groups excluding carboxylic acids is 1. The third kappa shape index (κ3) is 3.97. The van der Waals surface area contributed by atoms with Crippen molar-refractivity contribution in [2.24, 2.45) is 0 Å². The summed E-state index contributed by atoms with van der Waals surface area (Å²) in [6, 6.07) is 10.8. The maximum absolute atomic E-state index is 12.9. The van der Waals surface area contributed by atoms with Crippen LogP contribution in [0.5, 0.6) is 11.5 Å². The molecule has 0 aliphatic heterocycles. The molecule has 0 atom stereocenters. The number of nitrogens with one attached hydrogen (secondary N) is 1. The van der Waals surface area contributed by atoms with Crippen molar-refractivity contribution in [3.05, 3.63) is 53.8 Å². The van der Waals surface area contributed by atoms with Crippen molar-refractivity contribution < 1.29 is 23.1 Å². The number of methoxy groups -OCH3 is 2. The summed E-state index contributed by atoms with van der Waals surface area (Å²) in [4.78, 5) is 12.1. The lowest BCUT2D eigenvalue weighted by molar-refractivity contribution is -0.115. The lowest BCUT2D eigenvalue weighted by Crippen LogP contribution is -2.14. The van der Waals surface area contributed by atoms with E-state index in [-0.39, 0.29) is 30.1 Å². The van der Waals surface area contributed by atoms with Crippen LogP contribution in [0.3, 0.4) is 0 Å². The first-order chi connectivity index (χ1) is 12.6. The third-order valence-corrected chi connectivity index (χ3v) is 3.59. The average Bonchev–Trinajstić information content (AvgIpc) is 3.11. The second kappa shape index (κ2) is 7.64. The van der Waals surface area contributed by atoms with E-state index in [1.54, 1.807) is 25.3 Å². The highest BCUT2D eigenvalue weighted by Crippen LogP contribution is 2.33. The first kappa shape index (κ1) is 17.4. The van der Waals surface area contributed by atoms with Crippen LogP contribution in [0, 0.1) is 5.82 Å². The van der Waals surface area contributed by atoms with Crippen molar-refractivity contribution in [3.8, 4) is 23.0 Å². The molecule has 1 amide bonds. The number of carbonyl (C=O) groups is 1. The second-order valence-electron chi connectivity index (χ2n) is 5.33. The predicted octanol–water partition coefficient (Wildman–Crippen LogP) is 3.07. The zero-order valence-electron chi connectivity index (χ0n) is 14.2. The van der Waals surface area contributed by atoms with Gasteiger partial charge < -0.3 is 13.9 Å². The zero-order valence-corrected chi connectivity index (χ0v) is 14.2. The third-order valence-electron chi connectivity index (χ3n) is 3.59. The van der Waals surface area contributed by atoms with Crippen molar-refractivity contribution in [2.45, 2.75) is 6.42 Å². The molecule has 1 aromatic heterocycles. The van der Waals surface area contributed by atoms with E-state index in [4.69, 9.17) is 13.9 Å². The molecule has 0 aliphatic rings. The summed E-state index contributed by atoms with van der Waals surface area (Å²) >= 11 is 0. The van der Waals surface area contributed by atoms with E-state index < -0.39 is 0 Å². The number of hydrogen-bond donors (Lipinski definition) is 1. The summed E-state index contributed by atoms with van der Waals surface area (Å²) in [7, 11) is 3.06. The highest BCUT2D eigenvalue weighted by molar-refractivity contribution is 5.90. The molecular weight excluding hydrogens is 341 g/mol. The molecule has 0 saturated carbocycles. The molecule has 1 heterocycles. The Morgan fingerprint density at radius 2 is 1.88 bits per heavy atom. The number of ether oxygens (including phenoxy) is 2. The van der Waals surface area contributed by atoms with Gasteiger partial charge in [-0.05, 0) is 35.9 Å². The number of halogens is 1. The van der Waals surface area contributed by atoms with E-state index in [0.717, 1.165) is 0 Å². The average molecular weight is 357 g/mol. The van der Waals surface area contributed by atoms with E-state index in [0.29, 0.717) is 22.6 Å². The van der Waals surface area contributed by atoms with E-state index >= 15 is 0 Å². The largest absolute Gasteiger partial charge is 0.497 e. The fraction of sp³-hybridized carbons (Fsp3) is 0.167. The summed E-state index contributed by atoms with van der Waals surface area (Å²) < 4.78 is 28.8. The number of amides is 1. The minimum absolute atomic E-state index is 0.0445. The van der Waals surface area contributed by atoms with Crippen LogP contribution >= 0.6 is 0 Å². The van der Waals surface area contributed by atoms with Gasteiger partial charge in [0.15, 0.2) is 0 Å². The highest BCUT2D eigenvalue weighted by atomic mass is 19.1. The Morgan fingerprint density at radius 3 is 2.58 bits per heavy atom. The van der Waals surface area contributed by atoms with E-state index in [1.165, 1.54) is 31.4 Å². The van der Waals surface area contributed by atoms with Crippen LogP contribution in [0.15, 0.2) is 46.9 Å². The van der Waals surface area contributed by atoms with Gasteiger partial charge in [0.25, 0.3) is 5.89 Å². The van der Waals surface area contributed by atoms with Gasteiger partial charge >= 0.3 is 6.01 Å². The lowest BCUT2D eigenvalue weighted by Gasteiger charge is -2.07. The monoisotopic (exact) mass is 357 g/mol. The molecule has 0 fully saturated rings. The van der Waals surface area contributed by atoms with Gasteiger partial charge in [-0.15, -0.1) is 5.10 Å². The Kier molecular flexibility index (Phi) is 5.12. The molecule has 3 aromatic rings. The number of nitrogens with zero attached hydrogens (tertiary/aromatic N) is 2. The van der Waals surface area contributed by atoms with Crippen LogP contribution in [-0.4, -0.2) is 30.3 Å². The molecule has 0 unspecified atom stereocenters. The standard InChI is InChI=1S/C18H16FN3O4/c1-24-13-7-8-15(25-2)14(10-13)17-21-22-18(26-17)20-16(23)9-11-3-5-12(19)6-4-11/h3-8,10H,9H2,1-2H3,(H,20,22,23). The Morgan fingerprint density at radius 1 is 1.12 bits per heavy atom. The first-order valence-corrected chi connectivity index (χ1v) is 7.69. The molecule has 134 valence electrons. The van der Waals surface area contributed by atoms with E-state index in [9.17, 15) is 9.18 Å². The summed E-state index contributed by atoms with van der Waals surface area (Å²) in [6.45, 7) is 0. The number of benzene rings is 2. The zero-order chi connectivity index (χ0) is 18.5. The van der Waals surface area contributed by atoms with Crippen molar-refractivity contribution >= 4 is 11.9 Å². The van der Waals surface area contributed by atoms with Gasteiger partial charge in [-0.1, -0.05) is 17.2 Å². The Balaban J connectivity index is 1.73. The molecule has 8 heteroatoms. The first-order valence-electron chi connectivity index (χ1n) is 7.69. The molecule has 0 spiro atoms. The Bertz CT molecular complexity index is 909. The van der Waals surface area contributed by atoms with Gasteiger partial charge in [-0.25, -0.2) is 4.39 Å². The number of anilines is 1. The van der Waals surface area contributed by atoms with E-state index in [1.807, 2.05) is 0 Å². The Hall–Kier alpha value is -3.42. The molecule has 0 aliphatic carbocycles. The van der Waals surface area contributed by atoms with Crippen LogP contribution in [0.2, 0.25) is 0 Å². The predicted molar refractivity (Wildman–Crippen MR) is 91.6 cm³/mol. The molecule has 1 N–H and O–H groups in total. The van der Waals surface area contributed by atoms with Crippen LogP contribution in [-0.2, 0) is 11.2 Å². The molecular formula is C18H16FN3O4. The van der Waals surface area contributed by atoms with Gasteiger partial charge in [0.2, 0.25) is 5.91 Å².